The number of carbonyl (C=O) groups excluding carboxylic acids is 1. The van der Waals surface area contributed by atoms with Crippen LogP contribution in [-0.2, 0) is 0 Å². The van der Waals surface area contributed by atoms with E-state index in [0.29, 0.717) is 12.4 Å². The Morgan fingerprint density at radius 3 is 2.87 bits per heavy atom. The van der Waals surface area contributed by atoms with Crippen molar-refractivity contribution in [2.45, 2.75) is 0 Å². The third kappa shape index (κ3) is 2.92. The highest BCUT2D eigenvalue weighted by Crippen LogP contribution is 2.19. The predicted molar refractivity (Wildman–Crippen MR) is 61.8 cm³/mol. The quantitative estimate of drug-likeness (QED) is 0.785. The van der Waals surface area contributed by atoms with Crippen LogP contribution >= 0.6 is 27.5 Å². The lowest BCUT2D eigenvalue weighted by Crippen LogP contribution is -2.29. The maximum Gasteiger partial charge on any atom is 0.256 e. The predicted octanol–water partition coefficient (Wildman–Crippen LogP) is 2.90. The highest BCUT2D eigenvalue weighted by atomic mass is 79.9. The van der Waals surface area contributed by atoms with Crippen LogP contribution in [0.25, 0.3) is 0 Å². The zero-order valence-corrected chi connectivity index (χ0v) is 10.5. The molecule has 0 saturated carbocycles. The highest BCUT2D eigenvalue weighted by Gasteiger charge is 2.16. The van der Waals surface area contributed by atoms with Crippen molar-refractivity contribution in [2.24, 2.45) is 0 Å². The summed E-state index contributed by atoms with van der Waals surface area (Å²) in [4.78, 5) is 13.1. The molecule has 0 aromatic heterocycles. The Balaban J connectivity index is 2.96. The van der Waals surface area contributed by atoms with Gasteiger partial charge in [-0.3, -0.25) is 4.79 Å². The standard InChI is InChI=1S/C10H10BrClFNO/c1-14(6-5-12)10(15)7-3-2-4-8(11)9(7)13/h2-4H,5-6H2,1H3. The van der Waals surface area contributed by atoms with Gasteiger partial charge in [0, 0.05) is 19.5 Å². The monoisotopic (exact) mass is 293 g/mol. The minimum atomic E-state index is -0.538. The lowest BCUT2D eigenvalue weighted by molar-refractivity contribution is 0.0798. The molecule has 0 aliphatic rings. The fourth-order valence-corrected chi connectivity index (χ4v) is 1.72. The van der Waals surface area contributed by atoms with Gasteiger partial charge in [0.25, 0.3) is 5.91 Å². The van der Waals surface area contributed by atoms with E-state index >= 15 is 0 Å². The zero-order valence-electron chi connectivity index (χ0n) is 8.14. The van der Waals surface area contributed by atoms with Crippen LogP contribution in [0.5, 0.6) is 0 Å². The normalized spacial score (nSPS) is 10.1. The Morgan fingerprint density at radius 2 is 2.27 bits per heavy atom. The van der Waals surface area contributed by atoms with Crippen LogP contribution in [0.3, 0.4) is 0 Å². The Bertz CT molecular complexity index is 372. The van der Waals surface area contributed by atoms with Crippen LogP contribution in [0.15, 0.2) is 22.7 Å². The molecule has 0 fully saturated rings. The number of alkyl halides is 1. The topological polar surface area (TPSA) is 20.3 Å². The summed E-state index contributed by atoms with van der Waals surface area (Å²) in [5.41, 5.74) is 0.0528. The van der Waals surface area contributed by atoms with Crippen LogP contribution in [0.1, 0.15) is 10.4 Å². The molecule has 0 heterocycles. The largest absolute Gasteiger partial charge is 0.340 e. The highest BCUT2D eigenvalue weighted by molar-refractivity contribution is 9.10. The van der Waals surface area contributed by atoms with Crippen molar-refractivity contribution in [3.63, 3.8) is 0 Å². The van der Waals surface area contributed by atoms with Crippen molar-refractivity contribution in [1.82, 2.24) is 4.90 Å². The zero-order chi connectivity index (χ0) is 11.4. The van der Waals surface area contributed by atoms with Crippen molar-refractivity contribution in [1.29, 1.82) is 0 Å². The lowest BCUT2D eigenvalue weighted by atomic mass is 10.2. The van der Waals surface area contributed by atoms with Crippen molar-refractivity contribution in [2.75, 3.05) is 19.5 Å². The fraction of sp³-hybridized carbons (Fsp3) is 0.300. The number of halogens is 3. The molecule has 0 radical (unpaired) electrons. The first-order chi connectivity index (χ1) is 7.07. The van der Waals surface area contributed by atoms with E-state index in [0.717, 1.165) is 0 Å². The Kier molecular flexibility index (Phi) is 4.54. The minimum Gasteiger partial charge on any atom is -0.340 e. The second-order valence-corrected chi connectivity index (χ2v) is 4.25. The van der Waals surface area contributed by atoms with Gasteiger partial charge in [0.05, 0.1) is 10.0 Å². The minimum absolute atomic E-state index is 0.0528. The average Bonchev–Trinajstić information content (AvgIpc) is 2.21. The molecule has 0 aliphatic carbocycles. The molecular formula is C10H10BrClFNO. The van der Waals surface area contributed by atoms with Crippen molar-refractivity contribution in [3.05, 3.63) is 34.1 Å². The van der Waals surface area contributed by atoms with E-state index in [2.05, 4.69) is 15.9 Å². The van der Waals surface area contributed by atoms with Gasteiger partial charge in [-0.25, -0.2) is 4.39 Å². The molecule has 1 rings (SSSR count). The first kappa shape index (κ1) is 12.5. The molecule has 0 N–H and O–H groups in total. The third-order valence-electron chi connectivity index (χ3n) is 1.95. The summed E-state index contributed by atoms with van der Waals surface area (Å²) in [6.07, 6.45) is 0. The number of amides is 1. The molecule has 2 nitrogen and oxygen atoms in total. The molecule has 0 atom stereocenters. The van der Waals surface area contributed by atoms with Gasteiger partial charge in [0.15, 0.2) is 0 Å². The molecule has 1 amide bonds. The lowest BCUT2D eigenvalue weighted by Gasteiger charge is -2.16. The number of hydrogen-bond donors (Lipinski definition) is 0. The summed E-state index contributed by atoms with van der Waals surface area (Å²) in [5.74, 6) is -0.573. The molecular weight excluding hydrogens is 284 g/mol. The molecule has 1 aromatic carbocycles. The number of carbonyl (C=O) groups is 1. The molecule has 0 bridgehead atoms. The van der Waals surface area contributed by atoms with Crippen LogP contribution < -0.4 is 0 Å². The first-order valence-electron chi connectivity index (χ1n) is 4.33. The van der Waals surface area contributed by atoms with E-state index in [1.54, 1.807) is 19.2 Å². The van der Waals surface area contributed by atoms with Crippen molar-refractivity contribution in [3.8, 4) is 0 Å². The summed E-state index contributed by atoms with van der Waals surface area (Å²) in [6.45, 7) is 0.395. The second kappa shape index (κ2) is 5.47. The fourth-order valence-electron chi connectivity index (χ4n) is 1.10. The molecule has 0 unspecified atom stereocenters. The summed E-state index contributed by atoms with van der Waals surface area (Å²) in [7, 11) is 1.59. The van der Waals surface area contributed by atoms with E-state index < -0.39 is 5.82 Å². The Morgan fingerprint density at radius 1 is 1.60 bits per heavy atom. The maximum atomic E-state index is 13.5. The molecule has 0 aliphatic heterocycles. The first-order valence-corrected chi connectivity index (χ1v) is 5.66. The van der Waals surface area contributed by atoms with Crippen molar-refractivity contribution >= 4 is 33.4 Å². The van der Waals surface area contributed by atoms with Gasteiger partial charge in [-0.1, -0.05) is 6.07 Å². The summed E-state index contributed by atoms with van der Waals surface area (Å²) in [6, 6.07) is 4.62. The third-order valence-corrected chi connectivity index (χ3v) is 2.73. The van der Waals surface area contributed by atoms with Gasteiger partial charge in [-0.05, 0) is 28.1 Å². The molecule has 15 heavy (non-hydrogen) atoms. The second-order valence-electron chi connectivity index (χ2n) is 3.02. The number of benzene rings is 1. The van der Waals surface area contributed by atoms with E-state index in [-0.39, 0.29) is 15.9 Å². The van der Waals surface area contributed by atoms with Gasteiger partial charge in [0.1, 0.15) is 5.82 Å². The molecule has 1 aromatic rings. The number of rotatable bonds is 3. The Hall–Kier alpha value is -0.610. The molecule has 0 spiro atoms. The van der Waals surface area contributed by atoms with Crippen LogP contribution in [-0.4, -0.2) is 30.3 Å². The van der Waals surface area contributed by atoms with Crippen LogP contribution in [0.2, 0.25) is 0 Å². The molecule has 0 saturated heterocycles. The molecule has 82 valence electrons. The van der Waals surface area contributed by atoms with Gasteiger partial charge in [0.2, 0.25) is 0 Å². The maximum absolute atomic E-state index is 13.5. The Labute approximate surface area is 101 Å². The number of nitrogens with zero attached hydrogens (tertiary/aromatic N) is 1. The summed E-state index contributed by atoms with van der Waals surface area (Å²) >= 11 is 8.53. The van der Waals surface area contributed by atoms with E-state index in [1.807, 2.05) is 0 Å². The van der Waals surface area contributed by atoms with E-state index in [1.165, 1.54) is 11.0 Å². The van der Waals surface area contributed by atoms with Crippen LogP contribution in [0.4, 0.5) is 4.39 Å². The van der Waals surface area contributed by atoms with Gasteiger partial charge in [-0.2, -0.15) is 0 Å². The van der Waals surface area contributed by atoms with E-state index in [4.69, 9.17) is 11.6 Å². The van der Waals surface area contributed by atoms with Gasteiger partial charge >= 0.3 is 0 Å². The van der Waals surface area contributed by atoms with Gasteiger partial charge < -0.3 is 4.90 Å². The van der Waals surface area contributed by atoms with Gasteiger partial charge in [-0.15, -0.1) is 11.6 Å². The van der Waals surface area contributed by atoms with Crippen LogP contribution in [0, 0.1) is 5.82 Å². The molecule has 5 heteroatoms. The van der Waals surface area contributed by atoms with E-state index in [9.17, 15) is 9.18 Å². The van der Waals surface area contributed by atoms with Crippen molar-refractivity contribution < 1.29 is 9.18 Å². The number of hydrogen-bond acceptors (Lipinski definition) is 1. The SMILES string of the molecule is CN(CCCl)C(=O)c1cccc(Br)c1F. The smallest absolute Gasteiger partial charge is 0.256 e. The average molecular weight is 295 g/mol. The summed E-state index contributed by atoms with van der Waals surface area (Å²) in [5, 5.41) is 0. The summed E-state index contributed by atoms with van der Waals surface area (Å²) < 4.78 is 13.8.